The summed E-state index contributed by atoms with van der Waals surface area (Å²) in [5.41, 5.74) is 1.06. The van der Waals surface area contributed by atoms with Crippen molar-refractivity contribution in [1.82, 2.24) is 20.2 Å². The average Bonchev–Trinajstić information content (AvgIpc) is 2.95. The number of thiophene rings is 1. The van der Waals surface area contributed by atoms with E-state index in [0.29, 0.717) is 5.92 Å². The Labute approximate surface area is 174 Å². The molecule has 0 saturated carbocycles. The highest BCUT2D eigenvalue weighted by Gasteiger charge is 2.24. The Hall–Kier alpha value is -1.67. The molecule has 2 heterocycles. The number of aromatic nitrogens is 2. The second kappa shape index (κ2) is 8.37. The van der Waals surface area contributed by atoms with Crippen molar-refractivity contribution in [1.29, 1.82) is 0 Å². The number of nitrogens with one attached hydrogen (secondary N) is 1. The van der Waals surface area contributed by atoms with Gasteiger partial charge in [-0.1, -0.05) is 18.7 Å². The average molecular weight is 421 g/mol. The maximum absolute atomic E-state index is 12.5. The largest absolute Gasteiger partial charge is 0.350 e. The second-order valence-electron chi connectivity index (χ2n) is 8.55. The van der Waals surface area contributed by atoms with E-state index in [1.54, 1.807) is 24.7 Å². The van der Waals surface area contributed by atoms with E-state index < -0.39 is 0 Å². The predicted molar refractivity (Wildman–Crippen MR) is 115 cm³/mol. The lowest BCUT2D eigenvalue weighted by molar-refractivity contribution is -0.133. The molecule has 2 amide bonds. The molecule has 0 spiro atoms. The number of nitrogens with zero attached hydrogens (tertiary/aromatic N) is 3. The smallest absolute Gasteiger partial charge is 0.240 e. The van der Waals surface area contributed by atoms with Gasteiger partial charge in [-0.15, -0.1) is 11.3 Å². The first-order chi connectivity index (χ1) is 13.1. The molecule has 1 N–H and O–H groups in total. The number of rotatable bonds is 5. The van der Waals surface area contributed by atoms with E-state index in [2.05, 4.69) is 22.2 Å². The number of amides is 2. The molecule has 0 unspecified atom stereocenters. The summed E-state index contributed by atoms with van der Waals surface area (Å²) in [6.45, 7) is 8.11. The van der Waals surface area contributed by atoms with Crippen LogP contribution in [0.2, 0.25) is 0 Å². The Bertz CT molecular complexity index is 888. The zero-order valence-corrected chi connectivity index (χ0v) is 18.8. The van der Waals surface area contributed by atoms with E-state index >= 15 is 0 Å². The first-order valence-corrected chi connectivity index (χ1v) is 11.4. The minimum atomic E-state index is -0.308. The van der Waals surface area contributed by atoms with Gasteiger partial charge in [-0.25, -0.2) is 9.97 Å². The minimum absolute atomic E-state index is 0.0571. The van der Waals surface area contributed by atoms with Crippen molar-refractivity contribution in [3.8, 4) is 0 Å². The van der Waals surface area contributed by atoms with Crippen LogP contribution in [0.5, 0.6) is 0 Å². The quantitative estimate of drug-likeness (QED) is 0.593. The highest BCUT2D eigenvalue weighted by Crippen LogP contribution is 2.40. The normalized spacial score (nSPS) is 16.7. The molecule has 0 aliphatic heterocycles. The molecule has 28 heavy (non-hydrogen) atoms. The fraction of sp³-hybridized carbons (Fsp3) is 0.600. The van der Waals surface area contributed by atoms with E-state index in [9.17, 15) is 9.59 Å². The number of fused-ring (bicyclic) bond motifs is 3. The van der Waals surface area contributed by atoms with Gasteiger partial charge in [0.25, 0.3) is 0 Å². The fourth-order valence-electron chi connectivity index (χ4n) is 3.36. The van der Waals surface area contributed by atoms with Crippen molar-refractivity contribution in [2.75, 3.05) is 19.3 Å². The molecule has 152 valence electrons. The second-order valence-corrected chi connectivity index (χ2v) is 10.6. The molecular weight excluding hydrogens is 392 g/mol. The van der Waals surface area contributed by atoms with Gasteiger partial charge in [0, 0.05) is 22.8 Å². The highest BCUT2D eigenvalue weighted by atomic mass is 32.2. The van der Waals surface area contributed by atoms with E-state index in [0.717, 1.165) is 28.1 Å². The van der Waals surface area contributed by atoms with Crippen molar-refractivity contribution in [3.05, 3.63) is 16.8 Å². The van der Waals surface area contributed by atoms with E-state index in [1.165, 1.54) is 33.5 Å². The molecular formula is C20H28N4O2S2. The molecule has 6 nitrogen and oxygen atoms in total. The van der Waals surface area contributed by atoms with Crippen LogP contribution < -0.4 is 5.32 Å². The fourth-order valence-corrected chi connectivity index (χ4v) is 5.74. The zero-order chi connectivity index (χ0) is 20.5. The molecule has 0 radical (unpaired) electrons. The summed E-state index contributed by atoms with van der Waals surface area (Å²) in [5.74, 6) is 0.725. The molecule has 0 aromatic carbocycles. The molecule has 1 aliphatic carbocycles. The molecule has 1 aliphatic rings. The van der Waals surface area contributed by atoms with Gasteiger partial charge in [-0.05, 0) is 51.5 Å². The van der Waals surface area contributed by atoms with Gasteiger partial charge in [-0.3, -0.25) is 9.59 Å². The Balaban J connectivity index is 1.67. The topological polar surface area (TPSA) is 75.2 Å². The number of likely N-dealkylation sites (N-methyl/N-ethyl adjacent to an activating group) is 1. The lowest BCUT2D eigenvalue weighted by atomic mass is 9.89. The first kappa shape index (κ1) is 21.0. The monoisotopic (exact) mass is 420 g/mol. The summed E-state index contributed by atoms with van der Waals surface area (Å²) >= 11 is 3.20. The summed E-state index contributed by atoms with van der Waals surface area (Å²) in [7, 11) is 1.66. The molecule has 8 heteroatoms. The Morgan fingerprint density at radius 3 is 2.82 bits per heavy atom. The predicted octanol–water partition coefficient (Wildman–Crippen LogP) is 3.28. The van der Waals surface area contributed by atoms with E-state index in [1.807, 2.05) is 20.8 Å². The summed E-state index contributed by atoms with van der Waals surface area (Å²) in [6, 6.07) is 0. The number of carbonyl (C=O) groups is 2. The molecule has 0 saturated heterocycles. The number of thioether (sulfide) groups is 1. The third-order valence-corrected chi connectivity index (χ3v) is 6.85. The maximum atomic E-state index is 12.5. The maximum Gasteiger partial charge on any atom is 0.240 e. The van der Waals surface area contributed by atoms with E-state index in [-0.39, 0.29) is 29.7 Å². The van der Waals surface area contributed by atoms with Crippen LogP contribution in [0.4, 0.5) is 0 Å². The Morgan fingerprint density at radius 1 is 1.36 bits per heavy atom. The number of hydrogen-bond acceptors (Lipinski definition) is 6. The summed E-state index contributed by atoms with van der Waals surface area (Å²) < 4.78 is 0. The van der Waals surface area contributed by atoms with Crippen LogP contribution in [0.15, 0.2) is 11.4 Å². The van der Waals surface area contributed by atoms with Crippen molar-refractivity contribution in [3.63, 3.8) is 0 Å². The summed E-state index contributed by atoms with van der Waals surface area (Å²) in [4.78, 5) is 37.4. The van der Waals surface area contributed by atoms with Crippen LogP contribution in [0, 0.1) is 5.92 Å². The lowest BCUT2D eigenvalue weighted by Gasteiger charge is -2.23. The number of aryl methyl sites for hydroxylation is 1. The van der Waals surface area contributed by atoms with Gasteiger partial charge < -0.3 is 10.2 Å². The van der Waals surface area contributed by atoms with Gasteiger partial charge in [-0.2, -0.15) is 0 Å². The summed E-state index contributed by atoms with van der Waals surface area (Å²) in [6.07, 6.45) is 4.92. The molecule has 0 bridgehead atoms. The minimum Gasteiger partial charge on any atom is -0.350 e. The van der Waals surface area contributed by atoms with Crippen molar-refractivity contribution >= 4 is 45.1 Å². The van der Waals surface area contributed by atoms with Gasteiger partial charge in [0.2, 0.25) is 11.8 Å². The van der Waals surface area contributed by atoms with Crippen LogP contribution in [0.1, 0.15) is 44.6 Å². The van der Waals surface area contributed by atoms with Crippen LogP contribution in [-0.4, -0.2) is 51.6 Å². The third-order valence-electron chi connectivity index (χ3n) is 4.71. The van der Waals surface area contributed by atoms with Crippen molar-refractivity contribution < 1.29 is 9.59 Å². The molecule has 0 fully saturated rings. The number of carbonyl (C=O) groups excluding carboxylic acids is 2. The molecule has 3 rings (SSSR count). The molecule has 1 atom stereocenters. The zero-order valence-electron chi connectivity index (χ0n) is 17.2. The van der Waals surface area contributed by atoms with Gasteiger partial charge in [0.1, 0.15) is 16.2 Å². The van der Waals surface area contributed by atoms with Crippen molar-refractivity contribution in [2.45, 2.75) is 57.5 Å². The molecule has 2 aromatic rings. The third kappa shape index (κ3) is 5.03. The van der Waals surface area contributed by atoms with Crippen LogP contribution in [0.3, 0.4) is 0 Å². The Kier molecular flexibility index (Phi) is 6.29. The standard InChI is InChI=1S/C20H28N4O2S2/c1-12-6-7-13-14(8-12)28-19-17(13)18(21-11-22-19)27-10-16(26)24(5)9-15(25)23-20(2,3)4/h11-12H,6-10H2,1-5H3,(H,23,25)/t12-/m1/s1. The molecule has 2 aromatic heterocycles. The number of hydrogen-bond donors (Lipinski definition) is 1. The Morgan fingerprint density at radius 2 is 2.11 bits per heavy atom. The summed E-state index contributed by atoms with van der Waals surface area (Å²) in [5, 5.41) is 4.88. The van der Waals surface area contributed by atoms with Crippen LogP contribution in [-0.2, 0) is 22.4 Å². The van der Waals surface area contributed by atoms with Gasteiger partial charge in [0.05, 0.1) is 12.3 Å². The van der Waals surface area contributed by atoms with Crippen molar-refractivity contribution in [2.24, 2.45) is 5.92 Å². The first-order valence-electron chi connectivity index (χ1n) is 9.57. The van der Waals surface area contributed by atoms with E-state index in [4.69, 9.17) is 0 Å². The van der Waals surface area contributed by atoms with Gasteiger partial charge in [0.15, 0.2) is 0 Å². The van der Waals surface area contributed by atoms with Crippen LogP contribution in [0.25, 0.3) is 10.2 Å². The SMILES string of the molecule is C[C@@H]1CCc2c(sc3ncnc(SCC(=O)N(C)CC(=O)NC(C)(C)C)c23)C1. The van der Waals surface area contributed by atoms with Gasteiger partial charge >= 0.3 is 0 Å². The highest BCUT2D eigenvalue weighted by molar-refractivity contribution is 8.00. The van der Waals surface area contributed by atoms with Crippen LogP contribution >= 0.6 is 23.1 Å². The lowest BCUT2D eigenvalue weighted by Crippen LogP contribution is -2.46.